The van der Waals surface area contributed by atoms with Crippen molar-refractivity contribution in [1.29, 1.82) is 0 Å². The third kappa shape index (κ3) is 6.06. The number of nitrogens with zero attached hydrogens (tertiary/aromatic N) is 4. The van der Waals surface area contributed by atoms with Crippen molar-refractivity contribution in [2.75, 3.05) is 12.9 Å². The molecule has 1 aromatic heterocycles. The van der Waals surface area contributed by atoms with E-state index in [9.17, 15) is 9.18 Å². The maximum atomic E-state index is 13.1. The SMILES string of the molecule is COc1ccc(-c2nnc(SCC(=O)N/N=C(/C)c3ccc(F)cc3)n2-c2ccc(Cl)cc2)cc1. The molecule has 10 heteroatoms. The van der Waals surface area contributed by atoms with Gasteiger partial charge >= 0.3 is 0 Å². The van der Waals surface area contributed by atoms with Crippen LogP contribution in [0.4, 0.5) is 4.39 Å². The van der Waals surface area contributed by atoms with Crippen molar-refractivity contribution in [2.24, 2.45) is 5.10 Å². The number of nitrogens with one attached hydrogen (secondary N) is 1. The number of hydrazone groups is 1. The molecule has 0 fully saturated rings. The van der Waals surface area contributed by atoms with Gasteiger partial charge in [-0.15, -0.1) is 10.2 Å². The van der Waals surface area contributed by atoms with E-state index in [2.05, 4.69) is 20.7 Å². The summed E-state index contributed by atoms with van der Waals surface area (Å²) in [6.45, 7) is 1.74. The number of rotatable bonds is 8. The van der Waals surface area contributed by atoms with Crippen LogP contribution in [0, 0.1) is 5.82 Å². The summed E-state index contributed by atoms with van der Waals surface area (Å²) >= 11 is 7.30. The molecule has 4 rings (SSSR count). The number of benzene rings is 3. The molecule has 0 bridgehead atoms. The molecule has 178 valence electrons. The molecule has 0 spiro atoms. The first-order chi connectivity index (χ1) is 16.9. The Morgan fingerprint density at radius 2 is 1.74 bits per heavy atom. The fourth-order valence-electron chi connectivity index (χ4n) is 3.18. The van der Waals surface area contributed by atoms with Crippen LogP contribution >= 0.6 is 23.4 Å². The predicted octanol–water partition coefficient (Wildman–Crippen LogP) is 5.37. The zero-order valence-electron chi connectivity index (χ0n) is 18.9. The Hall–Kier alpha value is -3.69. The summed E-state index contributed by atoms with van der Waals surface area (Å²) in [5, 5.41) is 13.9. The van der Waals surface area contributed by atoms with Gasteiger partial charge in [-0.3, -0.25) is 9.36 Å². The summed E-state index contributed by atoms with van der Waals surface area (Å²) in [5.74, 6) is 0.764. The van der Waals surface area contributed by atoms with E-state index >= 15 is 0 Å². The highest BCUT2D eigenvalue weighted by Crippen LogP contribution is 2.29. The van der Waals surface area contributed by atoms with Crippen molar-refractivity contribution in [3.8, 4) is 22.8 Å². The van der Waals surface area contributed by atoms with Crippen molar-refractivity contribution in [3.05, 3.63) is 89.2 Å². The zero-order chi connectivity index (χ0) is 24.8. The van der Waals surface area contributed by atoms with Gasteiger partial charge in [0.05, 0.1) is 18.6 Å². The van der Waals surface area contributed by atoms with Gasteiger partial charge < -0.3 is 4.74 Å². The summed E-state index contributed by atoms with van der Waals surface area (Å²) in [7, 11) is 1.61. The Kier molecular flexibility index (Phi) is 7.79. The molecule has 0 radical (unpaired) electrons. The van der Waals surface area contributed by atoms with E-state index in [1.165, 1.54) is 23.9 Å². The van der Waals surface area contributed by atoms with Crippen LogP contribution in [0.3, 0.4) is 0 Å². The van der Waals surface area contributed by atoms with E-state index in [0.29, 0.717) is 27.3 Å². The second-order valence-corrected chi connectivity index (χ2v) is 8.75. The molecule has 0 aliphatic carbocycles. The van der Waals surface area contributed by atoms with Crippen LogP contribution in [0.25, 0.3) is 17.1 Å². The number of thioether (sulfide) groups is 1. The number of carbonyl (C=O) groups is 1. The fourth-order valence-corrected chi connectivity index (χ4v) is 4.05. The lowest BCUT2D eigenvalue weighted by Crippen LogP contribution is -2.21. The highest BCUT2D eigenvalue weighted by Gasteiger charge is 2.17. The molecule has 3 aromatic carbocycles. The normalized spacial score (nSPS) is 11.4. The van der Waals surface area contributed by atoms with Crippen LogP contribution in [0.15, 0.2) is 83.1 Å². The average molecular weight is 510 g/mol. The molecular weight excluding hydrogens is 489 g/mol. The largest absolute Gasteiger partial charge is 0.497 e. The van der Waals surface area contributed by atoms with E-state index in [1.807, 2.05) is 41.0 Å². The lowest BCUT2D eigenvalue weighted by molar-refractivity contribution is -0.118. The maximum Gasteiger partial charge on any atom is 0.250 e. The molecule has 0 atom stereocenters. The number of hydrogen-bond acceptors (Lipinski definition) is 6. The lowest BCUT2D eigenvalue weighted by atomic mass is 10.1. The van der Waals surface area contributed by atoms with Crippen LogP contribution in [-0.2, 0) is 4.79 Å². The fraction of sp³-hybridized carbons (Fsp3) is 0.120. The molecule has 0 unspecified atom stereocenters. The Morgan fingerprint density at radius 3 is 2.40 bits per heavy atom. The monoisotopic (exact) mass is 509 g/mol. The van der Waals surface area contributed by atoms with Gasteiger partial charge in [-0.1, -0.05) is 35.5 Å². The van der Waals surface area contributed by atoms with Crippen LogP contribution in [0.2, 0.25) is 5.02 Å². The van der Waals surface area contributed by atoms with Crippen LogP contribution in [0.5, 0.6) is 5.75 Å². The number of ether oxygens (including phenoxy) is 1. The minimum atomic E-state index is -0.333. The second kappa shape index (κ2) is 11.2. The van der Waals surface area contributed by atoms with Gasteiger partial charge in [0.2, 0.25) is 0 Å². The lowest BCUT2D eigenvalue weighted by Gasteiger charge is -2.11. The smallest absolute Gasteiger partial charge is 0.250 e. The number of halogens is 2. The number of methoxy groups -OCH3 is 1. The summed E-state index contributed by atoms with van der Waals surface area (Å²) in [6, 6.07) is 20.6. The highest BCUT2D eigenvalue weighted by atomic mass is 35.5. The molecule has 1 N–H and O–H groups in total. The van der Waals surface area contributed by atoms with E-state index < -0.39 is 0 Å². The minimum absolute atomic E-state index is 0.0640. The minimum Gasteiger partial charge on any atom is -0.497 e. The van der Waals surface area contributed by atoms with Crippen LogP contribution < -0.4 is 10.2 Å². The van der Waals surface area contributed by atoms with Crippen molar-refractivity contribution in [1.82, 2.24) is 20.2 Å². The van der Waals surface area contributed by atoms with Crippen LogP contribution in [0.1, 0.15) is 12.5 Å². The summed E-state index contributed by atoms with van der Waals surface area (Å²) < 4.78 is 20.2. The molecule has 0 aliphatic heterocycles. The molecule has 1 amide bonds. The third-order valence-electron chi connectivity index (χ3n) is 5.01. The molecule has 0 aliphatic rings. The van der Waals surface area contributed by atoms with E-state index in [1.54, 1.807) is 38.3 Å². The molecule has 0 saturated carbocycles. The first kappa shape index (κ1) is 24.4. The van der Waals surface area contributed by atoms with Gasteiger partial charge in [0.1, 0.15) is 11.6 Å². The summed E-state index contributed by atoms with van der Waals surface area (Å²) in [4.78, 5) is 12.5. The van der Waals surface area contributed by atoms with Gasteiger partial charge in [-0.05, 0) is 73.2 Å². The Balaban J connectivity index is 1.53. The van der Waals surface area contributed by atoms with Gasteiger partial charge in [0.15, 0.2) is 11.0 Å². The molecule has 4 aromatic rings. The number of carbonyl (C=O) groups excluding carboxylic acids is 1. The van der Waals surface area contributed by atoms with Gasteiger partial charge in [0.25, 0.3) is 5.91 Å². The molecule has 7 nitrogen and oxygen atoms in total. The quantitative estimate of drug-likeness (QED) is 0.196. The number of hydrogen-bond donors (Lipinski definition) is 1. The molecule has 1 heterocycles. The Bertz CT molecular complexity index is 1340. The maximum absolute atomic E-state index is 13.1. The van der Waals surface area contributed by atoms with Crippen molar-refractivity contribution >= 4 is 35.0 Å². The number of aromatic nitrogens is 3. The Labute approximate surface area is 211 Å². The van der Waals surface area contributed by atoms with Crippen molar-refractivity contribution in [3.63, 3.8) is 0 Å². The standard InChI is InChI=1S/C25H21ClFN5O2S/c1-16(17-3-9-20(27)10-4-17)28-29-23(33)15-35-25-31-30-24(18-5-13-22(34-2)14-6-18)32(25)21-11-7-19(26)8-12-21/h3-14H,15H2,1-2H3,(H,29,33)/b28-16-. The van der Waals surface area contributed by atoms with Crippen LogP contribution in [-0.4, -0.2) is 39.2 Å². The number of amides is 1. The summed E-state index contributed by atoms with van der Waals surface area (Å²) in [5.41, 5.74) is 5.45. The molecule has 0 saturated heterocycles. The predicted molar refractivity (Wildman–Crippen MR) is 136 cm³/mol. The molecule has 35 heavy (non-hydrogen) atoms. The van der Waals surface area contributed by atoms with Gasteiger partial charge in [-0.25, -0.2) is 9.82 Å². The zero-order valence-corrected chi connectivity index (χ0v) is 20.5. The first-order valence-electron chi connectivity index (χ1n) is 10.5. The van der Waals surface area contributed by atoms with Gasteiger partial charge in [-0.2, -0.15) is 5.10 Å². The second-order valence-electron chi connectivity index (χ2n) is 7.37. The summed E-state index contributed by atoms with van der Waals surface area (Å²) in [6.07, 6.45) is 0. The molecular formula is C25H21ClFN5O2S. The third-order valence-corrected chi connectivity index (χ3v) is 6.19. The Morgan fingerprint density at radius 1 is 1.06 bits per heavy atom. The highest BCUT2D eigenvalue weighted by molar-refractivity contribution is 7.99. The first-order valence-corrected chi connectivity index (χ1v) is 11.9. The average Bonchev–Trinajstić information content (AvgIpc) is 3.31. The van der Waals surface area contributed by atoms with Crippen molar-refractivity contribution in [2.45, 2.75) is 12.1 Å². The van der Waals surface area contributed by atoms with Gasteiger partial charge in [0, 0.05) is 16.3 Å². The van der Waals surface area contributed by atoms with E-state index in [-0.39, 0.29) is 17.5 Å². The van der Waals surface area contributed by atoms with E-state index in [0.717, 1.165) is 17.0 Å². The van der Waals surface area contributed by atoms with Crippen molar-refractivity contribution < 1.29 is 13.9 Å². The van der Waals surface area contributed by atoms with E-state index in [4.69, 9.17) is 16.3 Å². The topological polar surface area (TPSA) is 81.4 Å².